The Labute approximate surface area is 154 Å². The smallest absolute Gasteiger partial charge is 0.246 e. The number of nitrogens with one attached hydrogen (secondary N) is 1. The molecule has 0 unspecified atom stereocenters. The molecule has 0 aromatic heterocycles. The van der Waals surface area contributed by atoms with E-state index in [2.05, 4.69) is 11.4 Å². The number of benzene rings is 2. The highest BCUT2D eigenvalue weighted by Crippen LogP contribution is 2.27. The first-order chi connectivity index (χ1) is 12.6. The molecule has 0 saturated heterocycles. The van der Waals surface area contributed by atoms with Gasteiger partial charge in [-0.05, 0) is 42.7 Å². The average Bonchev–Trinajstić information content (AvgIpc) is 3.08. The van der Waals surface area contributed by atoms with Gasteiger partial charge in [0.25, 0.3) is 0 Å². The van der Waals surface area contributed by atoms with Gasteiger partial charge in [0.05, 0.1) is 6.54 Å². The lowest BCUT2D eigenvalue weighted by Crippen LogP contribution is -2.34. The third-order valence-electron chi connectivity index (χ3n) is 4.76. The molecule has 5 heteroatoms. The van der Waals surface area contributed by atoms with Crippen LogP contribution >= 0.6 is 0 Å². The third kappa shape index (κ3) is 4.04. The highest BCUT2D eigenvalue weighted by Gasteiger charge is 2.23. The van der Waals surface area contributed by atoms with Crippen LogP contribution < -0.4 is 10.2 Å². The van der Waals surface area contributed by atoms with Gasteiger partial charge >= 0.3 is 0 Å². The molecule has 2 aromatic carbocycles. The van der Waals surface area contributed by atoms with E-state index >= 15 is 0 Å². The summed E-state index contributed by atoms with van der Waals surface area (Å²) in [5.74, 6) is 0.132. The molecule has 5 nitrogen and oxygen atoms in total. The number of para-hydroxylation sites is 1. The monoisotopic (exact) mass is 351 g/mol. The Balaban J connectivity index is 1.61. The average molecular weight is 351 g/mol. The molecular weight excluding hydrogens is 326 g/mol. The summed E-state index contributed by atoms with van der Waals surface area (Å²) in [6.45, 7) is 5.80. The molecule has 0 bridgehead atoms. The summed E-state index contributed by atoms with van der Waals surface area (Å²) in [4.78, 5) is 27.8. The standard InChI is InChI=1S/C21H25N3O2/c1-3-23(16(2)25)15-17-7-6-9-19(13-17)22-14-21(26)24-12-11-18-8-4-5-10-20(18)24/h4-10,13,22H,3,11-12,14-15H2,1-2H3. The van der Waals surface area contributed by atoms with Crippen LogP contribution in [-0.2, 0) is 22.6 Å². The number of nitrogens with zero attached hydrogens (tertiary/aromatic N) is 2. The normalized spacial score (nSPS) is 12.6. The SMILES string of the molecule is CCN(Cc1cccc(NCC(=O)N2CCc3ccccc32)c1)C(C)=O. The first-order valence-corrected chi connectivity index (χ1v) is 9.05. The first kappa shape index (κ1) is 18.0. The van der Waals surface area contributed by atoms with Crippen LogP contribution in [0.2, 0.25) is 0 Å². The fourth-order valence-electron chi connectivity index (χ4n) is 3.32. The van der Waals surface area contributed by atoms with E-state index in [0.717, 1.165) is 29.9 Å². The van der Waals surface area contributed by atoms with E-state index in [4.69, 9.17) is 0 Å². The van der Waals surface area contributed by atoms with Gasteiger partial charge in [-0.25, -0.2) is 0 Å². The molecule has 3 rings (SSSR count). The summed E-state index contributed by atoms with van der Waals surface area (Å²) in [5.41, 5.74) is 4.19. The van der Waals surface area contributed by atoms with Crippen LogP contribution in [0.25, 0.3) is 0 Å². The summed E-state index contributed by atoms with van der Waals surface area (Å²) in [6, 6.07) is 15.9. The predicted octanol–water partition coefficient (Wildman–Crippen LogP) is 3.06. The van der Waals surface area contributed by atoms with Crippen molar-refractivity contribution in [2.45, 2.75) is 26.8 Å². The van der Waals surface area contributed by atoms with E-state index in [1.807, 2.05) is 54.3 Å². The summed E-state index contributed by atoms with van der Waals surface area (Å²) in [6.07, 6.45) is 0.912. The molecule has 26 heavy (non-hydrogen) atoms. The van der Waals surface area contributed by atoms with Gasteiger partial charge in [-0.3, -0.25) is 9.59 Å². The lowest BCUT2D eigenvalue weighted by atomic mass is 10.2. The minimum atomic E-state index is 0.0636. The Kier molecular flexibility index (Phi) is 5.56. The topological polar surface area (TPSA) is 52.7 Å². The molecule has 0 aliphatic carbocycles. The molecule has 0 spiro atoms. The van der Waals surface area contributed by atoms with Crippen molar-refractivity contribution in [2.75, 3.05) is 29.9 Å². The lowest BCUT2D eigenvalue weighted by molar-refractivity contribution is -0.129. The van der Waals surface area contributed by atoms with E-state index in [9.17, 15) is 9.59 Å². The number of hydrogen-bond donors (Lipinski definition) is 1. The number of amides is 2. The van der Waals surface area contributed by atoms with E-state index in [-0.39, 0.29) is 18.4 Å². The summed E-state index contributed by atoms with van der Waals surface area (Å²) in [5, 5.41) is 3.22. The van der Waals surface area contributed by atoms with Gasteiger partial charge in [0.15, 0.2) is 0 Å². The van der Waals surface area contributed by atoms with Gasteiger partial charge in [-0.2, -0.15) is 0 Å². The van der Waals surface area contributed by atoms with Gasteiger partial charge in [-0.15, -0.1) is 0 Å². The zero-order valence-electron chi connectivity index (χ0n) is 15.4. The van der Waals surface area contributed by atoms with E-state index in [1.165, 1.54) is 5.56 Å². The first-order valence-electron chi connectivity index (χ1n) is 9.05. The minimum absolute atomic E-state index is 0.0636. The van der Waals surface area contributed by atoms with Crippen molar-refractivity contribution in [3.8, 4) is 0 Å². The van der Waals surface area contributed by atoms with Crippen LogP contribution in [0.4, 0.5) is 11.4 Å². The number of anilines is 2. The van der Waals surface area contributed by atoms with E-state index in [1.54, 1.807) is 11.8 Å². The molecule has 0 atom stereocenters. The Hall–Kier alpha value is -2.82. The maximum atomic E-state index is 12.6. The van der Waals surface area contributed by atoms with Crippen LogP contribution in [0.1, 0.15) is 25.0 Å². The highest BCUT2D eigenvalue weighted by atomic mass is 16.2. The van der Waals surface area contributed by atoms with Crippen LogP contribution in [0.3, 0.4) is 0 Å². The Bertz CT molecular complexity index is 803. The zero-order valence-corrected chi connectivity index (χ0v) is 15.4. The van der Waals surface area contributed by atoms with Gasteiger partial charge in [0.1, 0.15) is 0 Å². The van der Waals surface area contributed by atoms with Crippen molar-refractivity contribution < 1.29 is 9.59 Å². The van der Waals surface area contributed by atoms with Gasteiger partial charge in [-0.1, -0.05) is 30.3 Å². The molecule has 2 amide bonds. The molecule has 0 saturated carbocycles. The molecule has 0 radical (unpaired) electrons. The number of carbonyl (C=O) groups is 2. The Morgan fingerprint density at radius 2 is 1.96 bits per heavy atom. The van der Waals surface area contributed by atoms with E-state index in [0.29, 0.717) is 13.1 Å². The van der Waals surface area contributed by atoms with Crippen molar-refractivity contribution in [1.82, 2.24) is 4.90 Å². The Morgan fingerprint density at radius 3 is 2.73 bits per heavy atom. The summed E-state index contributed by atoms with van der Waals surface area (Å²) in [7, 11) is 0. The van der Waals surface area contributed by atoms with Crippen molar-refractivity contribution in [1.29, 1.82) is 0 Å². The molecule has 1 N–H and O–H groups in total. The quantitative estimate of drug-likeness (QED) is 0.870. The summed E-state index contributed by atoms with van der Waals surface area (Å²) >= 11 is 0. The maximum Gasteiger partial charge on any atom is 0.246 e. The van der Waals surface area contributed by atoms with Crippen LogP contribution in [-0.4, -0.2) is 36.3 Å². The second-order valence-electron chi connectivity index (χ2n) is 6.51. The second-order valence-corrected chi connectivity index (χ2v) is 6.51. The second kappa shape index (κ2) is 8.04. The van der Waals surface area contributed by atoms with E-state index < -0.39 is 0 Å². The summed E-state index contributed by atoms with van der Waals surface area (Å²) < 4.78 is 0. The molecule has 1 heterocycles. The van der Waals surface area contributed by atoms with Crippen molar-refractivity contribution >= 4 is 23.2 Å². The predicted molar refractivity (Wildman–Crippen MR) is 104 cm³/mol. The van der Waals surface area contributed by atoms with Crippen LogP contribution in [0, 0.1) is 0 Å². The van der Waals surface area contributed by atoms with Gasteiger partial charge in [0.2, 0.25) is 11.8 Å². The van der Waals surface area contributed by atoms with Gasteiger partial charge < -0.3 is 15.1 Å². The zero-order chi connectivity index (χ0) is 18.5. The van der Waals surface area contributed by atoms with Crippen LogP contribution in [0.15, 0.2) is 48.5 Å². The van der Waals surface area contributed by atoms with Gasteiger partial charge in [0, 0.05) is 37.9 Å². The highest BCUT2D eigenvalue weighted by molar-refractivity contribution is 5.98. The van der Waals surface area contributed by atoms with Crippen molar-refractivity contribution in [3.05, 3.63) is 59.7 Å². The number of hydrogen-bond acceptors (Lipinski definition) is 3. The molecule has 1 aliphatic heterocycles. The molecule has 1 aliphatic rings. The lowest BCUT2D eigenvalue weighted by Gasteiger charge is -2.20. The molecular formula is C21H25N3O2. The molecule has 136 valence electrons. The maximum absolute atomic E-state index is 12.6. The Morgan fingerprint density at radius 1 is 1.15 bits per heavy atom. The fourth-order valence-corrected chi connectivity index (χ4v) is 3.32. The number of carbonyl (C=O) groups excluding carboxylic acids is 2. The number of fused-ring (bicyclic) bond motifs is 1. The molecule has 2 aromatic rings. The largest absolute Gasteiger partial charge is 0.376 e. The fraction of sp³-hybridized carbons (Fsp3) is 0.333. The van der Waals surface area contributed by atoms with Crippen LogP contribution in [0.5, 0.6) is 0 Å². The van der Waals surface area contributed by atoms with Crippen molar-refractivity contribution in [2.24, 2.45) is 0 Å². The number of rotatable bonds is 6. The third-order valence-corrected chi connectivity index (χ3v) is 4.76. The van der Waals surface area contributed by atoms with Crippen molar-refractivity contribution in [3.63, 3.8) is 0 Å². The minimum Gasteiger partial charge on any atom is -0.376 e. The molecule has 0 fully saturated rings.